The predicted molar refractivity (Wildman–Crippen MR) is 103 cm³/mol. The van der Waals surface area contributed by atoms with Gasteiger partial charge < -0.3 is 9.64 Å². The first-order chi connectivity index (χ1) is 12.4. The summed E-state index contributed by atoms with van der Waals surface area (Å²) in [7, 11) is 0. The Morgan fingerprint density at radius 3 is 2.00 bits per heavy atom. The molecule has 1 saturated heterocycles. The Morgan fingerprint density at radius 2 is 1.50 bits per heavy atom. The number of carbonyl (C=O) groups is 2. The van der Waals surface area contributed by atoms with Gasteiger partial charge in [-0.15, -0.1) is 0 Å². The maximum atomic E-state index is 13.0. The fraction of sp³-hybridized carbons (Fsp3) is 0.263. The molecule has 3 rings (SSSR count). The zero-order chi connectivity index (χ0) is 18.8. The van der Waals surface area contributed by atoms with Gasteiger partial charge in [-0.2, -0.15) is 0 Å². The highest BCUT2D eigenvalue weighted by Gasteiger charge is 2.49. The van der Waals surface area contributed by atoms with E-state index in [-0.39, 0.29) is 12.5 Å². The van der Waals surface area contributed by atoms with E-state index >= 15 is 0 Å². The normalized spacial score (nSPS) is 19.8. The second kappa shape index (κ2) is 7.56. The van der Waals surface area contributed by atoms with E-state index < -0.39 is 18.2 Å². The summed E-state index contributed by atoms with van der Waals surface area (Å²) in [6, 6.07) is 13.3. The maximum absolute atomic E-state index is 13.0. The molecule has 1 heterocycles. The Hall–Kier alpha value is -2.24. The van der Waals surface area contributed by atoms with Crippen molar-refractivity contribution in [2.24, 2.45) is 0 Å². The van der Waals surface area contributed by atoms with Crippen LogP contribution < -0.4 is 9.80 Å². The number of amides is 1. The molecule has 1 aliphatic heterocycles. The van der Waals surface area contributed by atoms with Crippen molar-refractivity contribution in [2.45, 2.75) is 26.1 Å². The minimum atomic E-state index is -0.903. The van der Waals surface area contributed by atoms with E-state index in [1.807, 2.05) is 0 Å². The number of anilines is 2. The number of hydrogen-bond donors (Lipinski definition) is 0. The highest BCUT2D eigenvalue weighted by molar-refractivity contribution is 6.31. The number of carbonyl (C=O) groups excluding carboxylic acids is 2. The molecule has 0 N–H and O–H groups in total. The van der Waals surface area contributed by atoms with Crippen LogP contribution in [-0.4, -0.2) is 30.7 Å². The number of halogens is 2. The van der Waals surface area contributed by atoms with Crippen molar-refractivity contribution >= 4 is 46.5 Å². The molecule has 0 spiro atoms. The number of nitrogens with zero attached hydrogens (tertiary/aromatic N) is 2. The fourth-order valence-electron chi connectivity index (χ4n) is 3.06. The van der Waals surface area contributed by atoms with Crippen LogP contribution in [0.1, 0.15) is 13.8 Å². The van der Waals surface area contributed by atoms with E-state index in [9.17, 15) is 9.59 Å². The standard InChI is InChI=1S/C19H18Cl2N2O3/c1-3-26-19(25)17-22(15-8-4-13(20)5-9-15)12(2)18(24)23(17)16-10-6-14(21)7-11-16/h4-12,17H,3H2,1-2H3. The number of ether oxygens (including phenoxy) is 1. The lowest BCUT2D eigenvalue weighted by Crippen LogP contribution is -2.47. The second-order valence-electron chi connectivity index (χ2n) is 5.87. The lowest BCUT2D eigenvalue weighted by atomic mass is 10.2. The van der Waals surface area contributed by atoms with E-state index in [4.69, 9.17) is 27.9 Å². The van der Waals surface area contributed by atoms with Crippen molar-refractivity contribution in [3.8, 4) is 0 Å². The van der Waals surface area contributed by atoms with Gasteiger partial charge in [0.2, 0.25) is 6.17 Å². The topological polar surface area (TPSA) is 49.9 Å². The van der Waals surface area contributed by atoms with Gasteiger partial charge in [0, 0.05) is 21.4 Å². The SMILES string of the molecule is CCOC(=O)C1N(c2ccc(Cl)cc2)C(=O)C(C)N1c1ccc(Cl)cc1. The average Bonchev–Trinajstić information content (AvgIpc) is 2.88. The predicted octanol–water partition coefficient (Wildman–Crippen LogP) is 4.12. The van der Waals surface area contributed by atoms with Crippen LogP contribution in [0.4, 0.5) is 11.4 Å². The van der Waals surface area contributed by atoms with Gasteiger partial charge in [0.25, 0.3) is 5.91 Å². The third-order valence-electron chi connectivity index (χ3n) is 4.25. The van der Waals surface area contributed by atoms with Crippen LogP contribution >= 0.6 is 23.2 Å². The van der Waals surface area contributed by atoms with Crippen molar-refractivity contribution in [3.63, 3.8) is 0 Å². The molecule has 1 amide bonds. The maximum Gasteiger partial charge on any atom is 0.350 e. The molecule has 0 saturated carbocycles. The molecule has 5 nitrogen and oxygen atoms in total. The van der Waals surface area contributed by atoms with Crippen LogP contribution in [0.2, 0.25) is 10.0 Å². The van der Waals surface area contributed by atoms with E-state index in [0.717, 1.165) is 0 Å². The van der Waals surface area contributed by atoms with Gasteiger partial charge in [-0.1, -0.05) is 23.2 Å². The number of hydrogen-bond acceptors (Lipinski definition) is 4. The number of rotatable bonds is 4. The molecule has 1 fully saturated rings. The Labute approximate surface area is 162 Å². The lowest BCUT2D eigenvalue weighted by molar-refractivity contribution is -0.144. The first-order valence-corrected chi connectivity index (χ1v) is 8.98. The summed E-state index contributed by atoms with van der Waals surface area (Å²) >= 11 is 11.9. The molecule has 26 heavy (non-hydrogen) atoms. The summed E-state index contributed by atoms with van der Waals surface area (Å²) in [5.74, 6) is -0.685. The fourth-order valence-corrected chi connectivity index (χ4v) is 3.31. The molecule has 0 aromatic heterocycles. The van der Waals surface area contributed by atoms with E-state index in [0.29, 0.717) is 21.4 Å². The van der Waals surface area contributed by atoms with Crippen LogP contribution in [0.3, 0.4) is 0 Å². The highest BCUT2D eigenvalue weighted by atomic mass is 35.5. The molecule has 2 atom stereocenters. The molecule has 0 aliphatic carbocycles. The summed E-state index contributed by atoms with van der Waals surface area (Å²) in [5.41, 5.74) is 1.30. The largest absolute Gasteiger partial charge is 0.463 e. The Morgan fingerprint density at radius 1 is 1.00 bits per heavy atom. The van der Waals surface area contributed by atoms with E-state index in [2.05, 4.69) is 0 Å². The summed E-state index contributed by atoms with van der Waals surface area (Å²) < 4.78 is 5.25. The van der Waals surface area contributed by atoms with Gasteiger partial charge in [-0.3, -0.25) is 9.69 Å². The van der Waals surface area contributed by atoms with E-state index in [1.165, 1.54) is 4.90 Å². The van der Waals surface area contributed by atoms with Crippen LogP contribution in [0.5, 0.6) is 0 Å². The van der Waals surface area contributed by atoms with Gasteiger partial charge >= 0.3 is 5.97 Å². The van der Waals surface area contributed by atoms with Crippen LogP contribution in [0, 0.1) is 0 Å². The number of benzene rings is 2. The van der Waals surface area contributed by atoms with Crippen molar-refractivity contribution in [1.29, 1.82) is 0 Å². The van der Waals surface area contributed by atoms with Crippen LogP contribution in [0.25, 0.3) is 0 Å². The summed E-state index contributed by atoms with van der Waals surface area (Å²) in [4.78, 5) is 28.9. The lowest BCUT2D eigenvalue weighted by Gasteiger charge is -2.30. The van der Waals surface area contributed by atoms with Crippen molar-refractivity contribution < 1.29 is 14.3 Å². The Kier molecular flexibility index (Phi) is 5.39. The third-order valence-corrected chi connectivity index (χ3v) is 4.75. The molecular formula is C19H18Cl2N2O3. The first-order valence-electron chi connectivity index (χ1n) is 8.23. The summed E-state index contributed by atoms with van der Waals surface area (Å²) in [6.07, 6.45) is -0.903. The third kappa shape index (κ3) is 3.37. The van der Waals surface area contributed by atoms with Crippen molar-refractivity contribution in [3.05, 3.63) is 58.6 Å². The average molecular weight is 393 g/mol. The summed E-state index contributed by atoms with van der Waals surface area (Å²) in [5, 5.41) is 1.13. The van der Waals surface area contributed by atoms with Gasteiger partial charge in [0.1, 0.15) is 6.04 Å². The monoisotopic (exact) mass is 392 g/mol. The molecule has 136 valence electrons. The quantitative estimate of drug-likeness (QED) is 0.734. The van der Waals surface area contributed by atoms with Crippen molar-refractivity contribution in [2.75, 3.05) is 16.4 Å². The first kappa shape index (κ1) is 18.5. The molecule has 2 unspecified atom stereocenters. The van der Waals surface area contributed by atoms with Gasteiger partial charge in [0.15, 0.2) is 0 Å². The van der Waals surface area contributed by atoms with Gasteiger partial charge in [-0.05, 0) is 62.4 Å². The minimum absolute atomic E-state index is 0.194. The second-order valence-corrected chi connectivity index (χ2v) is 6.74. The van der Waals surface area contributed by atoms with Crippen LogP contribution in [0.15, 0.2) is 48.5 Å². The smallest absolute Gasteiger partial charge is 0.350 e. The van der Waals surface area contributed by atoms with Gasteiger partial charge in [-0.25, -0.2) is 4.79 Å². The Balaban J connectivity index is 2.08. The molecular weight excluding hydrogens is 375 g/mol. The van der Waals surface area contributed by atoms with Crippen molar-refractivity contribution in [1.82, 2.24) is 0 Å². The highest BCUT2D eigenvalue weighted by Crippen LogP contribution is 2.34. The minimum Gasteiger partial charge on any atom is -0.463 e. The van der Waals surface area contributed by atoms with Gasteiger partial charge in [0.05, 0.1) is 6.61 Å². The molecule has 0 bridgehead atoms. The molecule has 1 aliphatic rings. The molecule has 7 heteroatoms. The zero-order valence-corrected chi connectivity index (χ0v) is 15.9. The summed E-state index contributed by atoms with van der Waals surface area (Å²) in [6.45, 7) is 3.72. The molecule has 2 aromatic rings. The van der Waals surface area contributed by atoms with E-state index in [1.54, 1.807) is 67.3 Å². The molecule has 2 aromatic carbocycles. The Bertz CT molecular complexity index is 809. The molecule has 0 radical (unpaired) electrons. The zero-order valence-electron chi connectivity index (χ0n) is 14.4. The van der Waals surface area contributed by atoms with Crippen LogP contribution in [-0.2, 0) is 14.3 Å². The number of esters is 1.